The second-order valence-electron chi connectivity index (χ2n) is 3.57. The molecule has 1 nitrogen and oxygen atoms in total. The molecule has 1 aliphatic rings. The van der Waals surface area contributed by atoms with Gasteiger partial charge in [-0.05, 0) is 25.0 Å². The zero-order valence-corrected chi connectivity index (χ0v) is 8.59. The summed E-state index contributed by atoms with van der Waals surface area (Å²) in [4.78, 5) is 5.46. The number of nitrogens with zero attached hydrogens (tertiary/aromatic N) is 1. The first-order valence-electron chi connectivity index (χ1n) is 5.02. The second kappa shape index (κ2) is 4.66. The van der Waals surface area contributed by atoms with Gasteiger partial charge in [-0.1, -0.05) is 19.3 Å². The molecule has 0 unspecified atom stereocenters. The van der Waals surface area contributed by atoms with Gasteiger partial charge < -0.3 is 0 Å². The third-order valence-corrected chi connectivity index (χ3v) is 3.81. The lowest BCUT2D eigenvalue weighted by Crippen LogP contribution is -2.07. The SMILES string of the molecule is c1cncc(SC2CCCCC2)c1. The lowest BCUT2D eigenvalue weighted by molar-refractivity contribution is 0.516. The van der Waals surface area contributed by atoms with E-state index in [0.29, 0.717) is 0 Å². The third kappa shape index (κ3) is 2.73. The Hall–Kier alpha value is -0.500. The molecular weight excluding hydrogens is 178 g/mol. The molecule has 0 amide bonds. The summed E-state index contributed by atoms with van der Waals surface area (Å²) in [7, 11) is 0. The van der Waals surface area contributed by atoms with Gasteiger partial charge in [-0.2, -0.15) is 0 Å². The number of thioether (sulfide) groups is 1. The smallest absolute Gasteiger partial charge is 0.0403 e. The fourth-order valence-corrected chi connectivity index (χ4v) is 3.03. The Morgan fingerprint density at radius 1 is 1.23 bits per heavy atom. The summed E-state index contributed by atoms with van der Waals surface area (Å²) in [6, 6.07) is 4.18. The van der Waals surface area contributed by atoms with Gasteiger partial charge in [0.05, 0.1) is 0 Å². The van der Waals surface area contributed by atoms with Gasteiger partial charge in [0.25, 0.3) is 0 Å². The van der Waals surface area contributed by atoms with Crippen LogP contribution in [0.4, 0.5) is 0 Å². The maximum Gasteiger partial charge on any atom is 0.0403 e. The lowest BCUT2D eigenvalue weighted by atomic mass is 10.0. The molecule has 0 radical (unpaired) electrons. The van der Waals surface area contributed by atoms with E-state index in [-0.39, 0.29) is 0 Å². The van der Waals surface area contributed by atoms with Crippen molar-refractivity contribution in [2.24, 2.45) is 0 Å². The maximum atomic E-state index is 4.13. The van der Waals surface area contributed by atoms with Crippen LogP contribution in [-0.4, -0.2) is 10.2 Å². The second-order valence-corrected chi connectivity index (χ2v) is 4.94. The monoisotopic (exact) mass is 193 g/mol. The van der Waals surface area contributed by atoms with Gasteiger partial charge in [-0.25, -0.2) is 0 Å². The molecule has 0 aromatic carbocycles. The minimum atomic E-state index is 0.845. The zero-order chi connectivity index (χ0) is 8.93. The molecule has 0 atom stereocenters. The van der Waals surface area contributed by atoms with Crippen molar-refractivity contribution in [2.75, 3.05) is 0 Å². The summed E-state index contributed by atoms with van der Waals surface area (Å²) >= 11 is 2.00. The molecule has 13 heavy (non-hydrogen) atoms. The molecule has 70 valence electrons. The van der Waals surface area contributed by atoms with Gasteiger partial charge in [-0.15, -0.1) is 11.8 Å². The van der Waals surface area contributed by atoms with E-state index < -0.39 is 0 Å². The Balaban J connectivity index is 1.90. The van der Waals surface area contributed by atoms with Crippen LogP contribution in [0.1, 0.15) is 32.1 Å². The lowest BCUT2D eigenvalue weighted by Gasteiger charge is -2.20. The summed E-state index contributed by atoms with van der Waals surface area (Å²) in [5, 5.41) is 0.845. The molecule has 0 bridgehead atoms. The van der Waals surface area contributed by atoms with Crippen molar-refractivity contribution in [3.05, 3.63) is 24.5 Å². The van der Waals surface area contributed by atoms with E-state index in [0.717, 1.165) is 5.25 Å². The van der Waals surface area contributed by atoms with Crippen molar-refractivity contribution in [1.82, 2.24) is 4.98 Å². The summed E-state index contributed by atoms with van der Waals surface area (Å²) in [5.41, 5.74) is 0. The summed E-state index contributed by atoms with van der Waals surface area (Å²) in [6.07, 6.45) is 10.9. The van der Waals surface area contributed by atoms with E-state index in [4.69, 9.17) is 0 Å². The first-order chi connectivity index (χ1) is 6.45. The van der Waals surface area contributed by atoms with Crippen LogP contribution in [-0.2, 0) is 0 Å². The van der Waals surface area contributed by atoms with E-state index in [9.17, 15) is 0 Å². The normalized spacial score (nSPS) is 18.8. The predicted molar refractivity (Wildman–Crippen MR) is 57.0 cm³/mol. The van der Waals surface area contributed by atoms with Gasteiger partial charge in [0, 0.05) is 22.5 Å². The Morgan fingerprint density at radius 2 is 2.08 bits per heavy atom. The van der Waals surface area contributed by atoms with Crippen LogP contribution in [0, 0.1) is 0 Å². The Bertz CT molecular complexity index is 242. The van der Waals surface area contributed by atoms with Crippen molar-refractivity contribution in [1.29, 1.82) is 0 Å². The van der Waals surface area contributed by atoms with Crippen molar-refractivity contribution in [2.45, 2.75) is 42.2 Å². The van der Waals surface area contributed by atoms with Gasteiger partial charge >= 0.3 is 0 Å². The van der Waals surface area contributed by atoms with Crippen molar-refractivity contribution in [3.8, 4) is 0 Å². The van der Waals surface area contributed by atoms with Crippen LogP contribution in [0.3, 0.4) is 0 Å². The summed E-state index contributed by atoms with van der Waals surface area (Å²) in [6.45, 7) is 0. The number of hydrogen-bond donors (Lipinski definition) is 0. The van der Waals surface area contributed by atoms with Gasteiger partial charge in [0.2, 0.25) is 0 Å². The molecular formula is C11H15NS. The average Bonchev–Trinajstić information content (AvgIpc) is 2.21. The van der Waals surface area contributed by atoms with Crippen molar-refractivity contribution in [3.63, 3.8) is 0 Å². The van der Waals surface area contributed by atoms with Gasteiger partial charge in [0.15, 0.2) is 0 Å². The van der Waals surface area contributed by atoms with Crippen LogP contribution in [0.25, 0.3) is 0 Å². The standard InChI is InChI=1S/C11H15NS/c1-2-5-10(6-3-1)13-11-7-4-8-12-9-11/h4,7-10H,1-3,5-6H2. The van der Waals surface area contributed by atoms with Crippen molar-refractivity contribution >= 4 is 11.8 Å². The highest BCUT2D eigenvalue weighted by molar-refractivity contribution is 8.00. The molecule has 0 aliphatic heterocycles. The first-order valence-corrected chi connectivity index (χ1v) is 5.90. The fraction of sp³-hybridized carbons (Fsp3) is 0.545. The fourth-order valence-electron chi connectivity index (χ4n) is 1.79. The zero-order valence-electron chi connectivity index (χ0n) is 7.78. The molecule has 1 saturated carbocycles. The maximum absolute atomic E-state index is 4.13. The van der Waals surface area contributed by atoms with E-state index in [1.807, 2.05) is 30.2 Å². The topological polar surface area (TPSA) is 12.9 Å². The van der Waals surface area contributed by atoms with Gasteiger partial charge in [-0.3, -0.25) is 4.98 Å². The van der Waals surface area contributed by atoms with Crippen LogP contribution in [0.15, 0.2) is 29.4 Å². The number of aromatic nitrogens is 1. The molecule has 1 aliphatic carbocycles. The van der Waals surface area contributed by atoms with Gasteiger partial charge in [0.1, 0.15) is 0 Å². The highest BCUT2D eigenvalue weighted by Crippen LogP contribution is 2.32. The average molecular weight is 193 g/mol. The molecule has 2 heteroatoms. The Kier molecular flexibility index (Phi) is 3.25. The molecule has 1 aromatic rings. The van der Waals surface area contributed by atoms with E-state index in [1.54, 1.807) is 0 Å². The molecule has 0 N–H and O–H groups in total. The highest BCUT2D eigenvalue weighted by atomic mass is 32.2. The van der Waals surface area contributed by atoms with Crippen LogP contribution in [0.5, 0.6) is 0 Å². The molecule has 0 saturated heterocycles. The minimum Gasteiger partial charge on any atom is -0.264 e. The minimum absolute atomic E-state index is 0.845. The first kappa shape index (κ1) is 9.07. The predicted octanol–water partition coefficient (Wildman–Crippen LogP) is 3.51. The summed E-state index contributed by atoms with van der Waals surface area (Å²) in [5.74, 6) is 0. The molecule has 2 rings (SSSR count). The molecule has 1 fully saturated rings. The molecule has 0 spiro atoms. The highest BCUT2D eigenvalue weighted by Gasteiger charge is 2.14. The Morgan fingerprint density at radius 3 is 2.77 bits per heavy atom. The van der Waals surface area contributed by atoms with E-state index in [2.05, 4.69) is 11.1 Å². The van der Waals surface area contributed by atoms with E-state index in [1.165, 1.54) is 37.0 Å². The number of pyridine rings is 1. The van der Waals surface area contributed by atoms with Crippen molar-refractivity contribution < 1.29 is 0 Å². The number of hydrogen-bond acceptors (Lipinski definition) is 2. The largest absolute Gasteiger partial charge is 0.264 e. The van der Waals surface area contributed by atoms with E-state index >= 15 is 0 Å². The van der Waals surface area contributed by atoms with Crippen LogP contribution >= 0.6 is 11.8 Å². The van der Waals surface area contributed by atoms with Crippen LogP contribution < -0.4 is 0 Å². The molecule has 1 aromatic heterocycles. The third-order valence-electron chi connectivity index (χ3n) is 2.49. The van der Waals surface area contributed by atoms with Crippen LogP contribution in [0.2, 0.25) is 0 Å². The summed E-state index contributed by atoms with van der Waals surface area (Å²) < 4.78 is 0. The Labute approximate surface area is 84.0 Å². The number of rotatable bonds is 2. The quantitative estimate of drug-likeness (QED) is 0.713. The molecule has 1 heterocycles.